The van der Waals surface area contributed by atoms with E-state index in [1.165, 1.54) is 6.07 Å². The molecule has 0 fully saturated rings. The molecule has 0 aliphatic carbocycles. The number of carbonyl (C=O) groups is 1. The molecule has 0 saturated carbocycles. The van der Waals surface area contributed by atoms with Crippen LogP contribution in [-0.2, 0) is 0 Å². The molecule has 1 aliphatic rings. The predicted octanol–water partition coefficient (Wildman–Crippen LogP) is 0.231. The first-order valence-electron chi connectivity index (χ1n) is 3.28. The van der Waals surface area contributed by atoms with Gasteiger partial charge in [0.2, 0.25) is 0 Å². The van der Waals surface area contributed by atoms with Crippen LogP contribution in [0, 0.1) is 10.1 Å². The zero-order valence-electron chi connectivity index (χ0n) is 6.16. The van der Waals surface area contributed by atoms with Gasteiger partial charge in [-0.15, -0.1) is 5.53 Å². The lowest BCUT2D eigenvalue weighted by atomic mass is 10.3. The number of hydrazine groups is 2. The number of rotatable bonds is 1. The molecule has 0 atom stereocenters. The minimum atomic E-state index is -0.530. The lowest BCUT2D eigenvalue weighted by molar-refractivity contribution is -0.380. The maximum atomic E-state index is 11.1. The van der Waals surface area contributed by atoms with Crippen LogP contribution >= 0.6 is 11.3 Å². The molecule has 13 heavy (non-hydrogen) atoms. The molecule has 0 radical (unpaired) electrons. The summed E-state index contributed by atoms with van der Waals surface area (Å²) in [6.45, 7) is 0. The first-order chi connectivity index (χ1) is 6.18. The number of thiophene rings is 1. The summed E-state index contributed by atoms with van der Waals surface area (Å²) in [5.41, 5.74) is 7.54. The Morgan fingerprint density at radius 1 is 1.46 bits per heavy atom. The first kappa shape index (κ1) is 7.95. The SMILES string of the molecule is O=C1NNNc2sc([N+](=O)[O-])cc21. The lowest BCUT2D eigenvalue weighted by Gasteiger charge is -2.14. The van der Waals surface area contributed by atoms with Crippen molar-refractivity contribution in [2.45, 2.75) is 0 Å². The molecule has 2 rings (SSSR count). The summed E-state index contributed by atoms with van der Waals surface area (Å²) in [5, 5.41) is 10.8. The number of carbonyl (C=O) groups excluding carboxylic acids is 1. The standard InChI is InChI=1S/C5H4N4O3S/c10-4-2-1-3(9(11)12)13-5(2)7-8-6-4/h1,7-8H,(H,6,10). The zero-order chi connectivity index (χ0) is 9.42. The van der Waals surface area contributed by atoms with Crippen molar-refractivity contribution in [3.05, 3.63) is 21.7 Å². The van der Waals surface area contributed by atoms with Gasteiger partial charge in [0, 0.05) is 6.07 Å². The van der Waals surface area contributed by atoms with Gasteiger partial charge in [-0.05, 0) is 11.3 Å². The number of fused-ring (bicyclic) bond motifs is 1. The minimum Gasteiger partial charge on any atom is -0.294 e. The van der Waals surface area contributed by atoms with Crippen molar-refractivity contribution in [2.75, 3.05) is 5.43 Å². The summed E-state index contributed by atoms with van der Waals surface area (Å²) in [4.78, 5) is 20.9. The second-order valence-corrected chi connectivity index (χ2v) is 3.32. The Morgan fingerprint density at radius 2 is 2.23 bits per heavy atom. The molecule has 0 unspecified atom stereocenters. The van der Waals surface area contributed by atoms with Gasteiger partial charge in [-0.2, -0.15) is 0 Å². The number of nitrogens with one attached hydrogen (secondary N) is 3. The normalized spacial score (nSPS) is 14.3. The second kappa shape index (κ2) is 2.68. The Bertz CT molecular complexity index is 387. The number of hydrogen-bond acceptors (Lipinski definition) is 6. The third-order valence-corrected chi connectivity index (χ3v) is 2.50. The van der Waals surface area contributed by atoms with Crippen molar-refractivity contribution in [3.8, 4) is 0 Å². The van der Waals surface area contributed by atoms with Gasteiger partial charge in [-0.1, -0.05) is 0 Å². The minimum absolute atomic E-state index is 0.0589. The molecule has 0 spiro atoms. The van der Waals surface area contributed by atoms with Crippen LogP contribution in [0.15, 0.2) is 6.07 Å². The van der Waals surface area contributed by atoms with Gasteiger partial charge >= 0.3 is 5.00 Å². The van der Waals surface area contributed by atoms with E-state index in [4.69, 9.17) is 0 Å². The maximum Gasteiger partial charge on any atom is 0.326 e. The van der Waals surface area contributed by atoms with Crippen LogP contribution in [0.25, 0.3) is 0 Å². The highest BCUT2D eigenvalue weighted by Gasteiger charge is 2.24. The van der Waals surface area contributed by atoms with Gasteiger partial charge in [0.25, 0.3) is 5.91 Å². The van der Waals surface area contributed by atoms with Gasteiger partial charge in [0.1, 0.15) is 5.00 Å². The summed E-state index contributed by atoms with van der Waals surface area (Å²) in [6, 6.07) is 1.24. The Labute approximate surface area is 75.8 Å². The fourth-order valence-electron chi connectivity index (χ4n) is 0.942. The van der Waals surface area contributed by atoms with E-state index in [0.29, 0.717) is 5.00 Å². The van der Waals surface area contributed by atoms with Crippen LogP contribution in [-0.4, -0.2) is 10.8 Å². The molecular formula is C5H4N4O3S. The lowest BCUT2D eigenvalue weighted by Crippen LogP contribution is -2.45. The molecule has 1 aromatic heterocycles. The van der Waals surface area contributed by atoms with Crippen LogP contribution in [0.1, 0.15) is 10.4 Å². The number of hydrogen-bond donors (Lipinski definition) is 3. The number of nitrogens with zero attached hydrogens (tertiary/aromatic N) is 1. The van der Waals surface area contributed by atoms with E-state index in [9.17, 15) is 14.9 Å². The molecule has 0 saturated heterocycles. The predicted molar refractivity (Wildman–Crippen MR) is 45.2 cm³/mol. The van der Waals surface area contributed by atoms with Crippen LogP contribution < -0.4 is 16.4 Å². The van der Waals surface area contributed by atoms with Gasteiger partial charge in [-0.25, -0.2) is 0 Å². The highest BCUT2D eigenvalue weighted by Crippen LogP contribution is 2.33. The largest absolute Gasteiger partial charge is 0.326 e. The molecule has 2 heterocycles. The Hall–Kier alpha value is -1.67. The van der Waals surface area contributed by atoms with Crippen molar-refractivity contribution < 1.29 is 9.72 Å². The number of nitro groups is 1. The summed E-state index contributed by atoms with van der Waals surface area (Å²) >= 11 is 0.914. The average molecular weight is 200 g/mol. The van der Waals surface area contributed by atoms with Gasteiger partial charge in [0.15, 0.2) is 0 Å². The Kier molecular flexibility index (Phi) is 1.64. The third kappa shape index (κ3) is 1.21. The van der Waals surface area contributed by atoms with E-state index in [-0.39, 0.29) is 16.5 Å². The van der Waals surface area contributed by atoms with E-state index in [1.807, 2.05) is 0 Å². The van der Waals surface area contributed by atoms with Crippen LogP contribution in [0.4, 0.5) is 10.0 Å². The van der Waals surface area contributed by atoms with Crippen molar-refractivity contribution in [2.24, 2.45) is 0 Å². The maximum absolute atomic E-state index is 11.1. The van der Waals surface area contributed by atoms with Crippen LogP contribution in [0.5, 0.6) is 0 Å². The van der Waals surface area contributed by atoms with Crippen molar-refractivity contribution in [1.82, 2.24) is 11.0 Å². The molecule has 1 aromatic rings. The third-order valence-electron chi connectivity index (χ3n) is 1.50. The second-order valence-electron chi connectivity index (χ2n) is 2.29. The van der Waals surface area contributed by atoms with Gasteiger partial charge in [-0.3, -0.25) is 25.8 Å². The highest BCUT2D eigenvalue weighted by atomic mass is 32.1. The molecular weight excluding hydrogens is 196 g/mol. The van der Waals surface area contributed by atoms with Gasteiger partial charge in [0.05, 0.1) is 10.5 Å². The average Bonchev–Trinajstić information content (AvgIpc) is 2.49. The molecule has 1 amide bonds. The van der Waals surface area contributed by atoms with E-state index < -0.39 is 4.92 Å². The monoisotopic (exact) mass is 200 g/mol. The Balaban J connectivity index is 2.48. The van der Waals surface area contributed by atoms with E-state index in [0.717, 1.165) is 11.3 Å². The van der Waals surface area contributed by atoms with E-state index in [1.54, 1.807) is 0 Å². The van der Waals surface area contributed by atoms with Crippen molar-refractivity contribution in [3.63, 3.8) is 0 Å². The van der Waals surface area contributed by atoms with Crippen LogP contribution in [0.2, 0.25) is 0 Å². The number of anilines is 1. The van der Waals surface area contributed by atoms with E-state index >= 15 is 0 Å². The Morgan fingerprint density at radius 3 is 2.85 bits per heavy atom. The molecule has 68 valence electrons. The number of amides is 1. The molecule has 0 bridgehead atoms. The summed E-state index contributed by atoms with van der Waals surface area (Å²) in [7, 11) is 0. The molecule has 8 heteroatoms. The summed E-state index contributed by atoms with van der Waals surface area (Å²) in [5.74, 6) is -0.377. The molecule has 1 aliphatic heterocycles. The zero-order valence-corrected chi connectivity index (χ0v) is 6.97. The van der Waals surface area contributed by atoms with Crippen molar-refractivity contribution in [1.29, 1.82) is 0 Å². The fourth-order valence-corrected chi connectivity index (χ4v) is 1.77. The highest BCUT2D eigenvalue weighted by molar-refractivity contribution is 7.19. The molecule has 3 N–H and O–H groups in total. The fraction of sp³-hybridized carbons (Fsp3) is 0. The first-order valence-corrected chi connectivity index (χ1v) is 4.09. The molecule has 0 aromatic carbocycles. The topological polar surface area (TPSA) is 96.3 Å². The van der Waals surface area contributed by atoms with Gasteiger partial charge < -0.3 is 0 Å². The quantitative estimate of drug-likeness (QED) is 0.445. The smallest absolute Gasteiger partial charge is 0.294 e. The van der Waals surface area contributed by atoms with Crippen molar-refractivity contribution >= 4 is 27.2 Å². The van der Waals surface area contributed by atoms with E-state index in [2.05, 4.69) is 16.4 Å². The summed E-state index contributed by atoms with van der Waals surface area (Å²) < 4.78 is 0. The summed E-state index contributed by atoms with van der Waals surface area (Å²) in [6.07, 6.45) is 0. The van der Waals surface area contributed by atoms with Crippen LogP contribution in [0.3, 0.4) is 0 Å². The molecule has 7 nitrogen and oxygen atoms in total.